The molecule has 0 fully saturated rings. The van der Waals surface area contributed by atoms with E-state index in [0.29, 0.717) is 4.90 Å². The van der Waals surface area contributed by atoms with E-state index >= 15 is 0 Å². The Balaban J connectivity index is 0.000000697. The zero-order valence-corrected chi connectivity index (χ0v) is 36.8. The van der Waals surface area contributed by atoms with Crippen molar-refractivity contribution < 1.29 is 47.6 Å². The van der Waals surface area contributed by atoms with Crippen LogP contribution >= 0.6 is 11.6 Å². The number of fused-ring (bicyclic) bond motifs is 2. The molecule has 314 valence electrons. The van der Waals surface area contributed by atoms with E-state index in [0.717, 1.165) is 79.9 Å². The van der Waals surface area contributed by atoms with Crippen molar-refractivity contribution in [3.05, 3.63) is 99.3 Å². The van der Waals surface area contributed by atoms with Crippen LogP contribution in [0.25, 0.3) is 0 Å². The van der Waals surface area contributed by atoms with Crippen LogP contribution in [-0.4, -0.2) is 64.9 Å². The van der Waals surface area contributed by atoms with Crippen LogP contribution in [0.15, 0.2) is 87.5 Å². The second-order valence-electron chi connectivity index (χ2n) is 15.4. The van der Waals surface area contributed by atoms with Gasteiger partial charge >= 0.3 is 17.1 Å². The molecule has 3 aliphatic rings. The van der Waals surface area contributed by atoms with Crippen LogP contribution in [0.4, 0.5) is 24.5 Å². The van der Waals surface area contributed by atoms with Crippen LogP contribution in [-0.2, 0) is 42.4 Å². The fraction of sp³-hybridized carbons (Fsp3) is 0.488. The molecular weight excluding hydrogens is 821 g/mol. The molecule has 0 bridgehead atoms. The van der Waals surface area contributed by atoms with Gasteiger partial charge in [0, 0.05) is 58.8 Å². The number of hydrogen-bond acceptors (Lipinski definition) is 8. The number of nitrogens with zero attached hydrogens (tertiary/aromatic N) is 2. The van der Waals surface area contributed by atoms with Gasteiger partial charge in [-0.3, -0.25) is 0 Å². The van der Waals surface area contributed by atoms with Gasteiger partial charge in [0.25, 0.3) is 0 Å². The third-order valence-corrected chi connectivity index (χ3v) is 12.6. The lowest BCUT2D eigenvalue weighted by atomic mass is 9.81. The predicted molar refractivity (Wildman–Crippen MR) is 220 cm³/mol. The molecule has 0 amide bonds. The Morgan fingerprint density at radius 3 is 2.09 bits per heavy atom. The molecule has 2 aromatic rings. The first-order valence-corrected chi connectivity index (χ1v) is 23.0. The maximum atomic E-state index is 12.4. The highest BCUT2D eigenvalue weighted by molar-refractivity contribution is 7.90. The summed E-state index contributed by atoms with van der Waals surface area (Å²) in [4.78, 5) is 2.89. The molecule has 2 aromatic carbocycles. The molecule has 16 heteroatoms. The number of hydrogen-bond donors (Lipinski definition) is 0. The van der Waals surface area contributed by atoms with Crippen molar-refractivity contribution in [3.8, 4) is 0 Å². The zero-order chi connectivity index (χ0) is 43.1. The summed E-state index contributed by atoms with van der Waals surface area (Å²) in [5.41, 5.74) is 4.99. The molecule has 0 aromatic heterocycles. The monoisotopic (exact) mass is 872 g/mol. The largest absolute Gasteiger partial charge is 0.741 e. The quantitative estimate of drug-likeness (QED) is 0.131. The van der Waals surface area contributed by atoms with Crippen LogP contribution < -0.4 is 4.90 Å². The van der Waals surface area contributed by atoms with Gasteiger partial charge in [-0.05, 0) is 87.4 Å². The molecule has 9 nitrogen and oxygen atoms in total. The summed E-state index contributed by atoms with van der Waals surface area (Å²) in [7, 11) is -9.39. The molecule has 1 aliphatic carbocycles. The zero-order valence-electron chi connectivity index (χ0n) is 33.6. The normalized spacial score (nSPS) is 19.0. The minimum Gasteiger partial charge on any atom is -0.741 e. The van der Waals surface area contributed by atoms with Gasteiger partial charge in [-0.15, -0.1) is 0 Å². The number of aryl methyl sites for hydroxylation is 1. The molecule has 0 saturated heterocycles. The lowest BCUT2D eigenvalue weighted by Crippen LogP contribution is -2.28. The van der Waals surface area contributed by atoms with Gasteiger partial charge in [0.15, 0.2) is 25.7 Å². The number of benzene rings is 2. The summed E-state index contributed by atoms with van der Waals surface area (Å²) < 4.78 is 103. The highest BCUT2D eigenvalue weighted by atomic mass is 35.5. The molecule has 0 N–H and O–H groups in total. The standard InChI is InChI=1S/C40H52ClN2O2S.CHF3O3S.O2S/c1-9-11-24-42-34-20-16-28(3)26-32(34)39(4,5)36(42)22-17-29-14-13-15-30(38(29)41)18-23-37-40(6,7)33-27-31(46(8,44)45)19-21-35(33)43(37)25-12-10-2;2-1(3,4)8(5,6)7;1-3-2/h16-23,26-27H,9-15,24-25H2,1-8H3;(H,5,6,7);/q+1;;/p-1. The summed E-state index contributed by atoms with van der Waals surface area (Å²) in [6.07, 6.45) is 17.7. The third kappa shape index (κ3) is 11.2. The van der Waals surface area contributed by atoms with Gasteiger partial charge in [0.05, 0.1) is 10.3 Å². The average molecular weight is 874 g/mol. The van der Waals surface area contributed by atoms with Gasteiger partial charge in [-0.25, -0.2) is 16.8 Å². The third-order valence-electron chi connectivity index (χ3n) is 10.4. The van der Waals surface area contributed by atoms with Crippen molar-refractivity contribution in [2.24, 2.45) is 0 Å². The van der Waals surface area contributed by atoms with E-state index < -0.39 is 37.0 Å². The molecule has 57 heavy (non-hydrogen) atoms. The van der Waals surface area contributed by atoms with E-state index in [4.69, 9.17) is 33.0 Å². The van der Waals surface area contributed by atoms with Crippen LogP contribution in [0.5, 0.6) is 0 Å². The SMILES string of the molecule is CCCCN1/C(=C/C=C2\CCCC(/C=C/C3=[N+](CCCC)c4ccc(S(C)(=O)=O)cc4C3(C)C)=C2Cl)C(C)(C)c2cc(C)ccc21.O=S(=O)([O-])C(F)(F)F.O=S=O. The molecule has 0 atom stereocenters. The van der Waals surface area contributed by atoms with Gasteiger partial charge in [-0.1, -0.05) is 82.0 Å². The summed E-state index contributed by atoms with van der Waals surface area (Å²) in [6.45, 7) is 17.6. The number of anilines is 1. The van der Waals surface area contributed by atoms with Crippen LogP contribution in [0.3, 0.4) is 0 Å². The summed E-state index contributed by atoms with van der Waals surface area (Å²) in [5.74, 6) is 0. The Hall–Kier alpha value is -3.37. The van der Waals surface area contributed by atoms with Gasteiger partial charge in [0.1, 0.15) is 6.54 Å². The van der Waals surface area contributed by atoms with E-state index in [1.165, 1.54) is 40.1 Å². The number of unbranched alkanes of at least 4 members (excludes halogenated alkanes) is 2. The number of sulfone groups is 1. The van der Waals surface area contributed by atoms with Crippen molar-refractivity contribution in [2.75, 3.05) is 24.2 Å². The molecule has 5 rings (SSSR count). The van der Waals surface area contributed by atoms with E-state index in [1.54, 1.807) is 6.07 Å². The fourth-order valence-corrected chi connectivity index (χ4v) is 8.32. The molecule has 0 saturated carbocycles. The van der Waals surface area contributed by atoms with Gasteiger partial charge < -0.3 is 9.45 Å². The van der Waals surface area contributed by atoms with Crippen molar-refractivity contribution in [2.45, 2.75) is 115 Å². The van der Waals surface area contributed by atoms with Gasteiger partial charge in [0.2, 0.25) is 5.69 Å². The highest BCUT2D eigenvalue weighted by Crippen LogP contribution is 2.48. The topological polar surface area (TPSA) is 132 Å². The van der Waals surface area contributed by atoms with Crippen LogP contribution in [0.1, 0.15) is 103 Å². The van der Waals surface area contributed by atoms with Crippen LogP contribution in [0, 0.1) is 6.92 Å². The Morgan fingerprint density at radius 1 is 0.912 bits per heavy atom. The summed E-state index contributed by atoms with van der Waals surface area (Å²) in [6, 6.07) is 12.5. The van der Waals surface area contributed by atoms with Crippen LogP contribution in [0.2, 0.25) is 0 Å². The Labute approximate surface area is 344 Å². The Bertz CT molecular complexity index is 2250. The van der Waals surface area contributed by atoms with Gasteiger partial charge in [-0.2, -0.15) is 26.2 Å². The minimum absolute atomic E-state index is 0.0850. The maximum Gasteiger partial charge on any atom is 0.485 e. The van der Waals surface area contributed by atoms with E-state index in [2.05, 4.69) is 100 Å². The van der Waals surface area contributed by atoms with Crippen molar-refractivity contribution >= 4 is 60.2 Å². The van der Waals surface area contributed by atoms with Crippen molar-refractivity contribution in [1.82, 2.24) is 0 Å². The molecule has 0 unspecified atom stereocenters. The number of rotatable bonds is 10. The van der Waals surface area contributed by atoms with E-state index in [1.807, 2.05) is 12.1 Å². The fourth-order valence-electron chi connectivity index (χ4n) is 7.36. The molecule has 0 radical (unpaired) electrons. The lowest BCUT2D eigenvalue weighted by Gasteiger charge is -2.27. The predicted octanol–water partition coefficient (Wildman–Crippen LogP) is 9.60. The minimum atomic E-state index is -6.09. The first-order chi connectivity index (χ1) is 26.4. The highest BCUT2D eigenvalue weighted by Gasteiger charge is 2.45. The molecule has 0 spiro atoms. The second kappa shape index (κ2) is 19.1. The summed E-state index contributed by atoms with van der Waals surface area (Å²) >= 11 is 6.45. The first-order valence-electron chi connectivity index (χ1n) is 18.7. The van der Waals surface area contributed by atoms with E-state index in [9.17, 15) is 21.6 Å². The molecule has 2 heterocycles. The Morgan fingerprint density at radius 2 is 1.53 bits per heavy atom. The molecular formula is C41H52ClF3N2O7S3. The number of allylic oxidation sites excluding steroid dienone is 8. The lowest BCUT2D eigenvalue weighted by molar-refractivity contribution is -0.438. The van der Waals surface area contributed by atoms with Crippen molar-refractivity contribution in [1.29, 1.82) is 0 Å². The van der Waals surface area contributed by atoms with Crippen molar-refractivity contribution in [3.63, 3.8) is 0 Å². The van der Waals surface area contributed by atoms with E-state index in [-0.39, 0.29) is 10.8 Å². The second-order valence-corrected chi connectivity index (χ2v) is 19.3. The first kappa shape index (κ1) is 48.0. The maximum absolute atomic E-state index is 12.4. The number of alkyl halides is 3. The smallest absolute Gasteiger partial charge is 0.485 e. The average Bonchev–Trinajstić information content (AvgIpc) is 3.45. The molecule has 2 aliphatic heterocycles. The number of halogens is 4. The summed E-state index contributed by atoms with van der Waals surface area (Å²) in [5, 5.41) is 0.858. The Kier molecular flexibility index (Phi) is 16.1.